The van der Waals surface area contributed by atoms with E-state index in [2.05, 4.69) is 0 Å². The molecule has 0 radical (unpaired) electrons. The monoisotopic (exact) mass is 250 g/mol. The van der Waals surface area contributed by atoms with Crippen molar-refractivity contribution in [2.75, 3.05) is 12.8 Å². The first-order chi connectivity index (χ1) is 6.45. The maximum Gasteiger partial charge on any atom is 0.175 e. The molecule has 0 aromatic heterocycles. The zero-order valence-corrected chi connectivity index (χ0v) is 10.0. The Kier molecular flexibility index (Phi) is 5.23. The molecular formula is C9H15ClN2O2S. The van der Waals surface area contributed by atoms with Gasteiger partial charge in [-0.2, -0.15) is 0 Å². The molecule has 0 bridgehead atoms. The Balaban J connectivity index is 0.00000196. The quantitative estimate of drug-likeness (QED) is 0.817. The van der Waals surface area contributed by atoms with Crippen molar-refractivity contribution in [2.24, 2.45) is 11.5 Å². The Labute approximate surface area is 96.0 Å². The Morgan fingerprint density at radius 1 is 1.27 bits per heavy atom. The Bertz CT molecular complexity index is 403. The molecule has 15 heavy (non-hydrogen) atoms. The van der Waals surface area contributed by atoms with Crippen molar-refractivity contribution in [3.8, 4) is 0 Å². The molecule has 86 valence electrons. The zero-order valence-electron chi connectivity index (χ0n) is 8.38. The molecule has 1 aromatic carbocycles. The summed E-state index contributed by atoms with van der Waals surface area (Å²) in [5, 5.41) is 0. The van der Waals surface area contributed by atoms with E-state index in [0.717, 1.165) is 5.56 Å². The van der Waals surface area contributed by atoms with Crippen LogP contribution < -0.4 is 11.5 Å². The van der Waals surface area contributed by atoms with E-state index in [1.165, 1.54) is 6.26 Å². The summed E-state index contributed by atoms with van der Waals surface area (Å²) in [6.07, 6.45) is 1.17. The fourth-order valence-corrected chi connectivity index (χ4v) is 1.73. The molecule has 1 rings (SSSR count). The van der Waals surface area contributed by atoms with Crippen LogP contribution in [0.5, 0.6) is 0 Å². The highest BCUT2D eigenvalue weighted by Crippen LogP contribution is 2.13. The number of hydrogen-bond donors (Lipinski definition) is 2. The molecule has 0 heterocycles. The molecule has 4 nitrogen and oxygen atoms in total. The van der Waals surface area contributed by atoms with E-state index in [-0.39, 0.29) is 18.4 Å². The fourth-order valence-electron chi connectivity index (χ4n) is 1.10. The van der Waals surface area contributed by atoms with Gasteiger partial charge in [-0.15, -0.1) is 12.4 Å². The lowest BCUT2D eigenvalue weighted by atomic mass is 10.1. The molecule has 0 amide bonds. The van der Waals surface area contributed by atoms with Gasteiger partial charge in [0.25, 0.3) is 0 Å². The normalized spacial score (nSPS) is 13.0. The first-order valence-electron chi connectivity index (χ1n) is 4.21. The Hall–Kier alpha value is -0.620. The van der Waals surface area contributed by atoms with Crippen LogP contribution in [0.3, 0.4) is 0 Å². The standard InChI is InChI=1S/C9H14N2O2S.ClH/c1-14(12,13)8-4-2-7(3-5-8)9(11)6-10;/h2-5,9H,6,10-11H2,1H3;1H/t9-;/m1./s1. The summed E-state index contributed by atoms with van der Waals surface area (Å²) in [7, 11) is -3.12. The summed E-state index contributed by atoms with van der Waals surface area (Å²) in [4.78, 5) is 0.297. The number of benzene rings is 1. The summed E-state index contributed by atoms with van der Waals surface area (Å²) >= 11 is 0. The first-order valence-corrected chi connectivity index (χ1v) is 6.10. The van der Waals surface area contributed by atoms with Crippen molar-refractivity contribution in [3.63, 3.8) is 0 Å². The lowest BCUT2D eigenvalue weighted by molar-refractivity contribution is 0.601. The second-order valence-electron chi connectivity index (χ2n) is 3.18. The Morgan fingerprint density at radius 2 is 1.73 bits per heavy atom. The summed E-state index contributed by atoms with van der Waals surface area (Å²) in [5.74, 6) is 0. The highest BCUT2D eigenvalue weighted by molar-refractivity contribution is 7.90. The second-order valence-corrected chi connectivity index (χ2v) is 5.20. The second kappa shape index (κ2) is 5.46. The van der Waals surface area contributed by atoms with Gasteiger partial charge in [0, 0.05) is 18.8 Å². The van der Waals surface area contributed by atoms with Gasteiger partial charge in [0.1, 0.15) is 0 Å². The van der Waals surface area contributed by atoms with Gasteiger partial charge in [-0.05, 0) is 17.7 Å². The van der Waals surface area contributed by atoms with Crippen LogP contribution in [-0.2, 0) is 9.84 Å². The minimum Gasteiger partial charge on any atom is -0.329 e. The maximum atomic E-state index is 11.1. The molecule has 4 N–H and O–H groups in total. The van der Waals surface area contributed by atoms with Gasteiger partial charge in [-0.3, -0.25) is 0 Å². The summed E-state index contributed by atoms with van der Waals surface area (Å²) in [5.41, 5.74) is 11.9. The molecule has 1 atom stereocenters. The van der Waals surface area contributed by atoms with E-state index in [0.29, 0.717) is 11.4 Å². The van der Waals surface area contributed by atoms with Crippen molar-refractivity contribution in [2.45, 2.75) is 10.9 Å². The molecule has 0 aliphatic carbocycles. The van der Waals surface area contributed by atoms with Gasteiger partial charge in [-0.25, -0.2) is 8.42 Å². The van der Waals surface area contributed by atoms with E-state index in [1.54, 1.807) is 24.3 Å². The smallest absolute Gasteiger partial charge is 0.175 e. The van der Waals surface area contributed by atoms with E-state index in [4.69, 9.17) is 11.5 Å². The third kappa shape index (κ3) is 3.79. The molecule has 1 aromatic rings. The molecule has 6 heteroatoms. The van der Waals surface area contributed by atoms with Gasteiger partial charge in [0.05, 0.1) is 4.90 Å². The van der Waals surface area contributed by atoms with Crippen LogP contribution in [-0.4, -0.2) is 21.2 Å². The van der Waals surface area contributed by atoms with Crippen molar-refractivity contribution in [3.05, 3.63) is 29.8 Å². The first kappa shape index (κ1) is 14.4. The average Bonchev–Trinajstić information content (AvgIpc) is 2.15. The predicted octanol–water partition coefficient (Wildman–Crippen LogP) is 0.470. The number of hydrogen-bond acceptors (Lipinski definition) is 4. The van der Waals surface area contributed by atoms with Gasteiger partial charge in [0.15, 0.2) is 9.84 Å². The summed E-state index contributed by atoms with van der Waals surface area (Å²) in [6.45, 7) is 0.345. The van der Waals surface area contributed by atoms with Gasteiger partial charge >= 0.3 is 0 Å². The molecular weight excluding hydrogens is 236 g/mol. The minimum atomic E-state index is -3.12. The topological polar surface area (TPSA) is 86.2 Å². The van der Waals surface area contributed by atoms with Crippen LogP contribution in [0.1, 0.15) is 11.6 Å². The van der Waals surface area contributed by atoms with Crippen LogP contribution in [0.25, 0.3) is 0 Å². The van der Waals surface area contributed by atoms with Crippen molar-refractivity contribution in [1.29, 1.82) is 0 Å². The lowest BCUT2D eigenvalue weighted by Gasteiger charge is -2.08. The largest absolute Gasteiger partial charge is 0.329 e. The number of sulfone groups is 1. The predicted molar refractivity (Wildman–Crippen MR) is 62.8 cm³/mol. The number of halogens is 1. The van der Waals surface area contributed by atoms with Crippen LogP contribution >= 0.6 is 12.4 Å². The van der Waals surface area contributed by atoms with E-state index >= 15 is 0 Å². The molecule has 0 spiro atoms. The highest BCUT2D eigenvalue weighted by atomic mass is 35.5. The molecule has 0 saturated carbocycles. The average molecular weight is 251 g/mol. The van der Waals surface area contributed by atoms with Gasteiger partial charge in [0.2, 0.25) is 0 Å². The molecule has 0 aliphatic heterocycles. The summed E-state index contributed by atoms with van der Waals surface area (Å²) < 4.78 is 22.3. The number of nitrogens with two attached hydrogens (primary N) is 2. The van der Waals surface area contributed by atoms with Crippen molar-refractivity contribution in [1.82, 2.24) is 0 Å². The SMILES string of the molecule is CS(=O)(=O)c1ccc([C@H](N)CN)cc1.Cl. The van der Waals surface area contributed by atoms with Gasteiger partial charge < -0.3 is 11.5 Å². The fraction of sp³-hybridized carbons (Fsp3) is 0.333. The van der Waals surface area contributed by atoms with Gasteiger partial charge in [-0.1, -0.05) is 12.1 Å². The van der Waals surface area contributed by atoms with E-state index in [9.17, 15) is 8.42 Å². The minimum absolute atomic E-state index is 0. The lowest BCUT2D eigenvalue weighted by Crippen LogP contribution is -2.20. The summed E-state index contributed by atoms with van der Waals surface area (Å²) in [6, 6.07) is 6.23. The number of rotatable bonds is 3. The van der Waals surface area contributed by atoms with E-state index < -0.39 is 9.84 Å². The molecule has 0 saturated heterocycles. The Morgan fingerprint density at radius 3 is 2.07 bits per heavy atom. The molecule has 0 unspecified atom stereocenters. The third-order valence-corrected chi connectivity index (χ3v) is 3.12. The van der Waals surface area contributed by atoms with Crippen LogP contribution in [0, 0.1) is 0 Å². The zero-order chi connectivity index (χ0) is 10.8. The molecule has 0 fully saturated rings. The van der Waals surface area contributed by atoms with Crippen LogP contribution in [0.2, 0.25) is 0 Å². The maximum absolute atomic E-state index is 11.1. The van der Waals surface area contributed by atoms with Crippen molar-refractivity contribution < 1.29 is 8.42 Å². The highest BCUT2D eigenvalue weighted by Gasteiger charge is 2.08. The van der Waals surface area contributed by atoms with Crippen LogP contribution in [0.15, 0.2) is 29.2 Å². The molecule has 0 aliphatic rings. The van der Waals surface area contributed by atoms with Crippen molar-refractivity contribution >= 4 is 22.2 Å². The van der Waals surface area contributed by atoms with E-state index in [1.807, 2.05) is 0 Å². The third-order valence-electron chi connectivity index (χ3n) is 1.99. The van der Waals surface area contributed by atoms with Crippen LogP contribution in [0.4, 0.5) is 0 Å².